The zero-order chi connectivity index (χ0) is 16.4. The number of para-hydroxylation sites is 1. The minimum atomic E-state index is -3.81. The highest BCUT2D eigenvalue weighted by Crippen LogP contribution is 2.38. The van der Waals surface area contributed by atoms with Crippen LogP contribution < -0.4 is 9.47 Å². The lowest BCUT2D eigenvalue weighted by molar-refractivity contribution is 0.0547. The molecule has 1 unspecified atom stereocenters. The number of fused-ring (bicyclic) bond motifs is 1. The van der Waals surface area contributed by atoms with Crippen molar-refractivity contribution in [2.45, 2.75) is 17.9 Å². The van der Waals surface area contributed by atoms with Crippen LogP contribution in [0.3, 0.4) is 0 Å². The molecule has 3 rings (SSSR count). The number of halogens is 1. The molecule has 2 aromatic carbocycles. The van der Waals surface area contributed by atoms with Crippen molar-refractivity contribution in [1.82, 2.24) is 0 Å². The molecule has 0 aromatic heterocycles. The molecule has 0 bridgehead atoms. The van der Waals surface area contributed by atoms with Crippen LogP contribution in [0.4, 0.5) is 0 Å². The van der Waals surface area contributed by atoms with E-state index in [-0.39, 0.29) is 18.1 Å². The predicted molar refractivity (Wildman–Crippen MR) is 88.4 cm³/mol. The predicted octanol–water partition coefficient (Wildman–Crippen LogP) is 3.30. The number of aryl methyl sites for hydroxylation is 1. The Kier molecular flexibility index (Phi) is 4.61. The van der Waals surface area contributed by atoms with E-state index >= 15 is 0 Å². The first-order valence-corrected chi connectivity index (χ1v) is 9.20. The summed E-state index contributed by atoms with van der Waals surface area (Å²) in [6, 6.07) is 12.0. The van der Waals surface area contributed by atoms with Crippen molar-refractivity contribution < 1.29 is 22.1 Å². The molecule has 0 saturated carbocycles. The van der Waals surface area contributed by atoms with E-state index in [0.29, 0.717) is 11.5 Å². The maximum atomic E-state index is 12.2. The Bertz CT molecular complexity index is 802. The Hall–Kier alpha value is -1.57. The molecular weight excluding hydrogens is 384 g/mol. The zero-order valence-corrected chi connectivity index (χ0v) is 14.8. The highest BCUT2D eigenvalue weighted by molar-refractivity contribution is 9.10. The van der Waals surface area contributed by atoms with Gasteiger partial charge in [-0.25, -0.2) is 0 Å². The molecule has 0 radical (unpaired) electrons. The zero-order valence-electron chi connectivity index (χ0n) is 12.4. The van der Waals surface area contributed by atoms with Crippen molar-refractivity contribution in [3.05, 3.63) is 52.5 Å². The Morgan fingerprint density at radius 1 is 1.22 bits per heavy atom. The van der Waals surface area contributed by atoms with E-state index in [0.717, 1.165) is 10.0 Å². The van der Waals surface area contributed by atoms with E-state index in [1.807, 2.05) is 19.1 Å². The van der Waals surface area contributed by atoms with Gasteiger partial charge in [-0.15, -0.1) is 0 Å². The molecule has 0 N–H and O–H groups in total. The molecule has 0 amide bonds. The molecule has 0 saturated heterocycles. The third-order valence-corrected chi connectivity index (χ3v) is 5.28. The summed E-state index contributed by atoms with van der Waals surface area (Å²) in [5.41, 5.74) is 0.981. The molecule has 1 aliphatic rings. The van der Waals surface area contributed by atoms with Gasteiger partial charge in [0, 0.05) is 0 Å². The van der Waals surface area contributed by atoms with E-state index < -0.39 is 16.2 Å². The minimum absolute atomic E-state index is 0.114. The second kappa shape index (κ2) is 6.51. The molecule has 1 heterocycles. The Morgan fingerprint density at radius 2 is 1.96 bits per heavy atom. The van der Waals surface area contributed by atoms with Gasteiger partial charge >= 0.3 is 0 Å². The van der Waals surface area contributed by atoms with Crippen LogP contribution >= 0.6 is 15.9 Å². The highest BCUT2D eigenvalue weighted by atomic mass is 79.9. The molecule has 1 aliphatic heterocycles. The molecule has 23 heavy (non-hydrogen) atoms. The van der Waals surface area contributed by atoms with Crippen LogP contribution in [0.15, 0.2) is 51.8 Å². The number of benzene rings is 2. The fourth-order valence-electron chi connectivity index (χ4n) is 2.12. The highest BCUT2D eigenvalue weighted by Gasteiger charge is 2.26. The van der Waals surface area contributed by atoms with Crippen molar-refractivity contribution in [1.29, 1.82) is 0 Å². The second-order valence-electron chi connectivity index (χ2n) is 5.17. The summed E-state index contributed by atoms with van der Waals surface area (Å²) in [5, 5.41) is 0. The van der Waals surface area contributed by atoms with Crippen molar-refractivity contribution in [3.63, 3.8) is 0 Å². The lowest BCUT2D eigenvalue weighted by Gasteiger charge is -2.26. The maximum absolute atomic E-state index is 12.2. The smallest absolute Gasteiger partial charge is 0.297 e. The van der Waals surface area contributed by atoms with Crippen LogP contribution in [0.5, 0.6) is 11.5 Å². The van der Waals surface area contributed by atoms with Gasteiger partial charge in [0.2, 0.25) is 0 Å². The topological polar surface area (TPSA) is 61.8 Å². The number of hydrogen-bond acceptors (Lipinski definition) is 5. The van der Waals surface area contributed by atoms with Gasteiger partial charge in [-0.3, -0.25) is 4.18 Å². The van der Waals surface area contributed by atoms with Gasteiger partial charge in [-0.05, 0) is 47.1 Å². The van der Waals surface area contributed by atoms with Gasteiger partial charge in [0.25, 0.3) is 10.1 Å². The largest absolute Gasteiger partial charge is 0.486 e. The molecular formula is C16H15BrO5S. The summed E-state index contributed by atoms with van der Waals surface area (Å²) in [4.78, 5) is 0.126. The lowest BCUT2D eigenvalue weighted by atomic mass is 10.2. The van der Waals surface area contributed by atoms with Crippen molar-refractivity contribution in [2.24, 2.45) is 0 Å². The second-order valence-corrected chi connectivity index (χ2v) is 7.64. The first kappa shape index (κ1) is 16.3. The Morgan fingerprint density at radius 3 is 2.70 bits per heavy atom. The van der Waals surface area contributed by atoms with E-state index in [1.165, 1.54) is 12.1 Å². The fraction of sp³-hybridized carbons (Fsp3) is 0.250. The standard InChI is InChI=1S/C16H15BrO5S/c1-11-5-7-13(8-6-11)23(18,19)21-10-12-9-20-15-4-2-3-14(17)16(15)22-12/h2-8,12H,9-10H2,1H3. The van der Waals surface area contributed by atoms with E-state index in [1.54, 1.807) is 18.2 Å². The fourth-order valence-corrected chi connectivity index (χ4v) is 3.50. The van der Waals surface area contributed by atoms with Gasteiger partial charge in [-0.1, -0.05) is 23.8 Å². The Labute approximate surface area is 143 Å². The number of hydrogen-bond donors (Lipinski definition) is 0. The summed E-state index contributed by atoms with van der Waals surface area (Å²) >= 11 is 3.38. The number of rotatable bonds is 4. The van der Waals surface area contributed by atoms with E-state index in [4.69, 9.17) is 13.7 Å². The van der Waals surface area contributed by atoms with Crippen LogP contribution in [0, 0.1) is 6.92 Å². The van der Waals surface area contributed by atoms with Crippen molar-refractivity contribution in [2.75, 3.05) is 13.2 Å². The molecule has 0 fully saturated rings. The lowest BCUT2D eigenvalue weighted by Crippen LogP contribution is -2.34. The molecule has 122 valence electrons. The maximum Gasteiger partial charge on any atom is 0.297 e. The molecule has 7 heteroatoms. The summed E-state index contributed by atoms with van der Waals surface area (Å²) in [6.07, 6.45) is -0.499. The van der Waals surface area contributed by atoms with Crippen LogP contribution in [0.2, 0.25) is 0 Å². The van der Waals surface area contributed by atoms with Gasteiger partial charge in [-0.2, -0.15) is 8.42 Å². The van der Waals surface area contributed by atoms with Gasteiger partial charge in [0.15, 0.2) is 17.6 Å². The molecule has 2 aromatic rings. The monoisotopic (exact) mass is 398 g/mol. The summed E-state index contributed by atoms with van der Waals surface area (Å²) in [5.74, 6) is 1.18. The molecule has 0 aliphatic carbocycles. The minimum Gasteiger partial charge on any atom is -0.486 e. The normalized spacial score (nSPS) is 17.0. The van der Waals surface area contributed by atoms with E-state index in [9.17, 15) is 8.42 Å². The van der Waals surface area contributed by atoms with Crippen molar-refractivity contribution in [3.8, 4) is 11.5 Å². The van der Waals surface area contributed by atoms with E-state index in [2.05, 4.69) is 15.9 Å². The molecule has 5 nitrogen and oxygen atoms in total. The van der Waals surface area contributed by atoms with Gasteiger partial charge in [0.05, 0.1) is 9.37 Å². The quantitative estimate of drug-likeness (QED) is 0.739. The average molecular weight is 399 g/mol. The van der Waals surface area contributed by atoms with Crippen LogP contribution in [-0.4, -0.2) is 27.7 Å². The van der Waals surface area contributed by atoms with Gasteiger partial charge < -0.3 is 9.47 Å². The average Bonchev–Trinajstić information content (AvgIpc) is 2.54. The summed E-state index contributed by atoms with van der Waals surface area (Å²) in [7, 11) is -3.81. The number of ether oxygens (including phenoxy) is 2. The van der Waals surface area contributed by atoms with Crippen LogP contribution in [0.1, 0.15) is 5.56 Å². The first-order chi connectivity index (χ1) is 11.0. The van der Waals surface area contributed by atoms with Gasteiger partial charge in [0.1, 0.15) is 13.2 Å². The first-order valence-electron chi connectivity index (χ1n) is 7.00. The third-order valence-electron chi connectivity index (χ3n) is 3.36. The van der Waals surface area contributed by atoms with Crippen LogP contribution in [-0.2, 0) is 14.3 Å². The molecule has 1 atom stereocenters. The van der Waals surface area contributed by atoms with Crippen LogP contribution in [0.25, 0.3) is 0 Å². The summed E-state index contributed by atoms with van der Waals surface area (Å²) in [6.45, 7) is 2.00. The SMILES string of the molecule is Cc1ccc(S(=O)(=O)OCC2COc3cccc(Br)c3O2)cc1. The Balaban J connectivity index is 1.67. The third kappa shape index (κ3) is 3.68. The summed E-state index contributed by atoms with van der Waals surface area (Å²) < 4.78 is 41.5. The van der Waals surface area contributed by atoms with Crippen molar-refractivity contribution >= 4 is 26.0 Å². The molecule has 0 spiro atoms.